The number of hydrogen-bond donors (Lipinski definition) is 2. The normalized spacial score (nSPS) is 11.7. The quantitative estimate of drug-likeness (QED) is 0.690. The number of nitrogens with two attached hydrogens (primary N) is 1. The number of hydrogen-bond acceptors (Lipinski definition) is 5. The maximum atomic E-state index is 12.2. The summed E-state index contributed by atoms with van der Waals surface area (Å²) in [6.07, 6.45) is 0.116. The van der Waals surface area contributed by atoms with Gasteiger partial charge in [0.25, 0.3) is 0 Å². The van der Waals surface area contributed by atoms with Gasteiger partial charge in [0.05, 0.1) is 21.5 Å². The van der Waals surface area contributed by atoms with Crippen LogP contribution in [0.15, 0.2) is 47.4 Å². The van der Waals surface area contributed by atoms with Gasteiger partial charge in [0, 0.05) is 6.54 Å². The van der Waals surface area contributed by atoms with E-state index in [-0.39, 0.29) is 11.3 Å². The average molecular weight is 375 g/mol. The molecule has 0 aliphatic heterocycles. The molecule has 25 heavy (non-hydrogen) atoms. The molecular weight excluding hydrogens is 358 g/mol. The monoisotopic (exact) mass is 375 g/mol. The van der Waals surface area contributed by atoms with Gasteiger partial charge < -0.3 is 5.73 Å². The van der Waals surface area contributed by atoms with Crippen LogP contribution in [-0.4, -0.2) is 25.9 Å². The summed E-state index contributed by atoms with van der Waals surface area (Å²) in [7, 11) is -3.50. The van der Waals surface area contributed by atoms with Gasteiger partial charge in [-0.15, -0.1) is 11.3 Å². The Bertz CT molecular complexity index is 1040. The van der Waals surface area contributed by atoms with Crippen LogP contribution in [0.4, 0.5) is 0 Å². The molecule has 0 aliphatic carbocycles. The lowest BCUT2D eigenvalue weighted by Gasteiger charge is -2.07. The van der Waals surface area contributed by atoms with Gasteiger partial charge in [-0.1, -0.05) is 25.1 Å². The van der Waals surface area contributed by atoms with Crippen LogP contribution in [0.5, 0.6) is 0 Å². The molecule has 1 aromatic heterocycles. The number of rotatable bonds is 6. The van der Waals surface area contributed by atoms with Crippen molar-refractivity contribution in [2.75, 3.05) is 6.54 Å². The lowest BCUT2D eigenvalue weighted by atomic mass is 10.1. The SMILES string of the molecule is CCNS(=O)(=O)c1cccc(-c2ccc3nc(CC(N)=O)sc3c2)c1. The minimum absolute atomic E-state index is 0.116. The summed E-state index contributed by atoms with van der Waals surface area (Å²) in [5.41, 5.74) is 7.69. The summed E-state index contributed by atoms with van der Waals surface area (Å²) >= 11 is 1.41. The van der Waals surface area contributed by atoms with Crippen LogP contribution in [0.1, 0.15) is 11.9 Å². The first-order valence-corrected chi connectivity index (χ1v) is 9.97. The molecule has 3 rings (SSSR count). The molecule has 0 saturated carbocycles. The molecule has 6 nitrogen and oxygen atoms in total. The van der Waals surface area contributed by atoms with Gasteiger partial charge in [0.2, 0.25) is 15.9 Å². The molecule has 0 unspecified atom stereocenters. The number of thiazole rings is 1. The van der Waals surface area contributed by atoms with E-state index in [0.29, 0.717) is 11.6 Å². The summed E-state index contributed by atoms with van der Waals surface area (Å²) in [4.78, 5) is 15.7. The largest absolute Gasteiger partial charge is 0.369 e. The van der Waals surface area contributed by atoms with Crippen molar-refractivity contribution in [3.05, 3.63) is 47.5 Å². The van der Waals surface area contributed by atoms with Crippen molar-refractivity contribution in [3.63, 3.8) is 0 Å². The molecule has 0 radical (unpaired) electrons. The Hall–Kier alpha value is -2.29. The predicted octanol–water partition coefficient (Wildman–Crippen LogP) is 2.29. The van der Waals surface area contributed by atoms with Crippen LogP contribution in [0.3, 0.4) is 0 Å². The molecule has 2 aromatic carbocycles. The zero-order chi connectivity index (χ0) is 18.0. The second kappa shape index (κ2) is 6.91. The first kappa shape index (κ1) is 17.5. The van der Waals surface area contributed by atoms with Gasteiger partial charge >= 0.3 is 0 Å². The predicted molar refractivity (Wildman–Crippen MR) is 98.8 cm³/mol. The van der Waals surface area contributed by atoms with E-state index in [1.54, 1.807) is 25.1 Å². The van der Waals surface area contributed by atoms with Gasteiger partial charge in [-0.2, -0.15) is 0 Å². The van der Waals surface area contributed by atoms with E-state index >= 15 is 0 Å². The number of sulfonamides is 1. The number of carbonyl (C=O) groups is 1. The second-order valence-corrected chi connectivity index (χ2v) is 8.34. The van der Waals surface area contributed by atoms with Crippen LogP contribution in [0.2, 0.25) is 0 Å². The fraction of sp³-hybridized carbons (Fsp3) is 0.176. The number of amides is 1. The van der Waals surface area contributed by atoms with Crippen molar-refractivity contribution in [1.29, 1.82) is 0 Å². The van der Waals surface area contributed by atoms with Crippen LogP contribution < -0.4 is 10.5 Å². The van der Waals surface area contributed by atoms with Gasteiger partial charge in [0.1, 0.15) is 5.01 Å². The molecule has 0 atom stereocenters. The molecular formula is C17H17N3O3S2. The molecule has 0 bridgehead atoms. The smallest absolute Gasteiger partial charge is 0.240 e. The molecule has 3 N–H and O–H groups in total. The van der Waals surface area contributed by atoms with Gasteiger partial charge in [-0.05, 0) is 35.4 Å². The van der Waals surface area contributed by atoms with E-state index in [1.165, 1.54) is 11.3 Å². The zero-order valence-electron chi connectivity index (χ0n) is 13.5. The number of fused-ring (bicyclic) bond motifs is 1. The van der Waals surface area contributed by atoms with E-state index < -0.39 is 15.9 Å². The van der Waals surface area contributed by atoms with Crippen molar-refractivity contribution in [2.45, 2.75) is 18.2 Å². The van der Waals surface area contributed by atoms with E-state index in [4.69, 9.17) is 5.73 Å². The van der Waals surface area contributed by atoms with Crippen LogP contribution in [-0.2, 0) is 21.2 Å². The highest BCUT2D eigenvalue weighted by Crippen LogP contribution is 2.29. The van der Waals surface area contributed by atoms with Crippen LogP contribution in [0.25, 0.3) is 21.3 Å². The highest BCUT2D eigenvalue weighted by atomic mass is 32.2. The molecule has 8 heteroatoms. The third-order valence-electron chi connectivity index (χ3n) is 3.57. The molecule has 0 aliphatic rings. The van der Waals surface area contributed by atoms with E-state index in [0.717, 1.165) is 21.3 Å². The minimum Gasteiger partial charge on any atom is -0.369 e. The molecule has 0 spiro atoms. The summed E-state index contributed by atoms with van der Waals surface area (Å²) in [5.74, 6) is -0.416. The lowest BCUT2D eigenvalue weighted by Crippen LogP contribution is -2.23. The number of benzene rings is 2. The highest BCUT2D eigenvalue weighted by Gasteiger charge is 2.14. The maximum Gasteiger partial charge on any atom is 0.240 e. The summed E-state index contributed by atoms with van der Waals surface area (Å²) < 4.78 is 27.8. The van der Waals surface area contributed by atoms with E-state index in [2.05, 4.69) is 9.71 Å². The van der Waals surface area contributed by atoms with Crippen molar-refractivity contribution >= 4 is 37.5 Å². The van der Waals surface area contributed by atoms with E-state index in [1.807, 2.05) is 24.3 Å². The third-order valence-corrected chi connectivity index (χ3v) is 6.13. The van der Waals surface area contributed by atoms with Gasteiger partial charge in [-0.25, -0.2) is 18.1 Å². The van der Waals surface area contributed by atoms with Crippen molar-refractivity contribution < 1.29 is 13.2 Å². The molecule has 0 fully saturated rings. The Morgan fingerprint density at radius 2 is 1.96 bits per heavy atom. The molecule has 1 heterocycles. The summed E-state index contributed by atoms with van der Waals surface area (Å²) in [6.45, 7) is 2.07. The fourth-order valence-corrected chi connectivity index (χ4v) is 4.60. The number of nitrogens with zero attached hydrogens (tertiary/aromatic N) is 1. The summed E-state index contributed by atoms with van der Waals surface area (Å²) in [5, 5.41) is 0.670. The van der Waals surface area contributed by atoms with Gasteiger partial charge in [-0.3, -0.25) is 4.79 Å². The Balaban J connectivity index is 2.00. The topological polar surface area (TPSA) is 102 Å². The third kappa shape index (κ3) is 3.87. The Labute approximate surface area is 149 Å². The van der Waals surface area contributed by atoms with E-state index in [9.17, 15) is 13.2 Å². The number of aromatic nitrogens is 1. The average Bonchev–Trinajstić information content (AvgIpc) is 2.95. The first-order chi connectivity index (χ1) is 11.9. The molecule has 130 valence electrons. The Morgan fingerprint density at radius 3 is 2.68 bits per heavy atom. The lowest BCUT2D eigenvalue weighted by molar-refractivity contribution is -0.117. The Kier molecular flexibility index (Phi) is 4.85. The van der Waals surface area contributed by atoms with Crippen LogP contribution in [0, 0.1) is 0 Å². The second-order valence-electron chi connectivity index (χ2n) is 5.46. The molecule has 1 amide bonds. The van der Waals surface area contributed by atoms with Crippen molar-refractivity contribution in [2.24, 2.45) is 5.73 Å². The van der Waals surface area contributed by atoms with Crippen LogP contribution >= 0.6 is 11.3 Å². The standard InChI is InChI=1S/C17H17N3O3S2/c1-2-19-25(22,23)13-5-3-4-11(8-13)12-6-7-14-15(9-12)24-17(20-14)10-16(18)21/h3-9,19H,2,10H2,1H3,(H2,18,21). The first-order valence-electron chi connectivity index (χ1n) is 7.67. The Morgan fingerprint density at radius 1 is 1.20 bits per heavy atom. The number of nitrogens with one attached hydrogen (secondary N) is 1. The number of carbonyl (C=O) groups excluding carboxylic acids is 1. The van der Waals surface area contributed by atoms with Crippen molar-refractivity contribution in [3.8, 4) is 11.1 Å². The van der Waals surface area contributed by atoms with Crippen molar-refractivity contribution in [1.82, 2.24) is 9.71 Å². The molecule has 0 saturated heterocycles. The number of primary amides is 1. The summed E-state index contributed by atoms with van der Waals surface area (Å²) in [6, 6.07) is 12.5. The molecule has 3 aromatic rings. The highest BCUT2D eigenvalue weighted by molar-refractivity contribution is 7.89. The van der Waals surface area contributed by atoms with Gasteiger partial charge in [0.15, 0.2) is 0 Å². The fourth-order valence-electron chi connectivity index (χ4n) is 2.49. The minimum atomic E-state index is -3.50. The zero-order valence-corrected chi connectivity index (χ0v) is 15.2. The maximum absolute atomic E-state index is 12.2.